The maximum absolute atomic E-state index is 13.7. The lowest BCUT2D eigenvalue weighted by molar-refractivity contribution is -0.136. The van der Waals surface area contributed by atoms with Crippen LogP contribution in [0.15, 0.2) is 24.3 Å². The molecule has 0 aromatic heterocycles. The molecule has 4 amide bonds. The van der Waals surface area contributed by atoms with E-state index in [-0.39, 0.29) is 36.2 Å². The SMILES string of the molecule is CCCC(=O)N1CCC(C2(Cc3ccc(F)cc3)NC(=O)N(CC3CCCO3)C2=O)CC1. The summed E-state index contributed by atoms with van der Waals surface area (Å²) in [5, 5.41) is 3.03. The summed E-state index contributed by atoms with van der Waals surface area (Å²) in [6.45, 7) is 4.04. The second-order valence-corrected chi connectivity index (χ2v) is 9.16. The van der Waals surface area contributed by atoms with E-state index in [0.29, 0.717) is 45.4 Å². The van der Waals surface area contributed by atoms with Crippen LogP contribution in [0.4, 0.5) is 9.18 Å². The van der Waals surface area contributed by atoms with E-state index in [2.05, 4.69) is 5.32 Å². The quantitative estimate of drug-likeness (QED) is 0.655. The smallest absolute Gasteiger partial charge is 0.325 e. The molecule has 2 atom stereocenters. The van der Waals surface area contributed by atoms with E-state index in [1.54, 1.807) is 12.1 Å². The molecule has 0 aliphatic carbocycles. The Bertz CT molecular complexity index is 847. The fraction of sp³-hybridized carbons (Fsp3) is 0.625. The fourth-order valence-electron chi connectivity index (χ4n) is 5.26. The Kier molecular flexibility index (Phi) is 6.79. The van der Waals surface area contributed by atoms with Crippen molar-refractivity contribution in [2.24, 2.45) is 5.92 Å². The van der Waals surface area contributed by atoms with Crippen LogP contribution in [-0.2, 0) is 20.7 Å². The number of urea groups is 1. The minimum Gasteiger partial charge on any atom is -0.376 e. The van der Waals surface area contributed by atoms with Crippen LogP contribution in [-0.4, -0.2) is 65.5 Å². The molecule has 1 N–H and O–H groups in total. The number of halogens is 1. The first-order chi connectivity index (χ1) is 15.4. The van der Waals surface area contributed by atoms with Crippen LogP contribution in [0.25, 0.3) is 0 Å². The first kappa shape index (κ1) is 22.7. The largest absolute Gasteiger partial charge is 0.376 e. The summed E-state index contributed by atoms with van der Waals surface area (Å²) < 4.78 is 19.1. The molecule has 3 fully saturated rings. The molecule has 0 radical (unpaired) electrons. The van der Waals surface area contributed by atoms with Crippen molar-refractivity contribution < 1.29 is 23.5 Å². The summed E-state index contributed by atoms with van der Waals surface area (Å²) in [7, 11) is 0. The van der Waals surface area contributed by atoms with Crippen LogP contribution < -0.4 is 5.32 Å². The second kappa shape index (κ2) is 9.57. The number of carbonyl (C=O) groups is 3. The average Bonchev–Trinajstić information content (AvgIpc) is 3.39. The molecule has 0 saturated carbocycles. The van der Waals surface area contributed by atoms with E-state index >= 15 is 0 Å². The number of hydrogen-bond donors (Lipinski definition) is 1. The van der Waals surface area contributed by atoms with Crippen molar-refractivity contribution in [3.8, 4) is 0 Å². The van der Waals surface area contributed by atoms with Crippen molar-refractivity contribution in [3.63, 3.8) is 0 Å². The van der Waals surface area contributed by atoms with Gasteiger partial charge in [-0.1, -0.05) is 19.1 Å². The summed E-state index contributed by atoms with van der Waals surface area (Å²) in [6, 6.07) is 5.69. The standard InChI is InChI=1S/C24H32FN3O4/c1-2-4-21(29)27-12-10-18(11-13-27)24(15-17-6-8-19(25)9-7-17)22(30)28(23(31)26-24)16-20-5-3-14-32-20/h6-9,18,20H,2-5,10-16H2,1H3,(H,26,31). The van der Waals surface area contributed by atoms with Gasteiger partial charge < -0.3 is 15.0 Å². The zero-order valence-corrected chi connectivity index (χ0v) is 18.6. The Morgan fingerprint density at radius 3 is 2.53 bits per heavy atom. The van der Waals surface area contributed by atoms with Gasteiger partial charge in [0.25, 0.3) is 5.91 Å². The van der Waals surface area contributed by atoms with Crippen molar-refractivity contribution >= 4 is 17.8 Å². The van der Waals surface area contributed by atoms with Crippen LogP contribution in [0, 0.1) is 11.7 Å². The fourth-order valence-corrected chi connectivity index (χ4v) is 5.26. The van der Waals surface area contributed by atoms with E-state index in [0.717, 1.165) is 24.8 Å². The number of amides is 4. The van der Waals surface area contributed by atoms with Gasteiger partial charge >= 0.3 is 6.03 Å². The molecule has 3 saturated heterocycles. The number of nitrogens with one attached hydrogen (secondary N) is 1. The number of carbonyl (C=O) groups excluding carboxylic acids is 3. The topological polar surface area (TPSA) is 79.0 Å². The predicted octanol–water partition coefficient (Wildman–Crippen LogP) is 2.88. The maximum atomic E-state index is 13.7. The monoisotopic (exact) mass is 445 g/mol. The molecular weight excluding hydrogens is 413 g/mol. The van der Waals surface area contributed by atoms with Crippen molar-refractivity contribution in [2.75, 3.05) is 26.2 Å². The lowest BCUT2D eigenvalue weighted by Gasteiger charge is -2.41. The summed E-state index contributed by atoms with van der Waals surface area (Å²) in [6.07, 6.45) is 4.54. The third kappa shape index (κ3) is 4.51. The van der Waals surface area contributed by atoms with Gasteiger partial charge in [-0.15, -0.1) is 0 Å². The van der Waals surface area contributed by atoms with Gasteiger partial charge in [0.15, 0.2) is 0 Å². The van der Waals surface area contributed by atoms with Crippen molar-refractivity contribution in [1.29, 1.82) is 0 Å². The number of imide groups is 1. The minimum atomic E-state index is -1.09. The van der Waals surface area contributed by atoms with Crippen LogP contribution >= 0.6 is 0 Å². The van der Waals surface area contributed by atoms with Gasteiger partial charge in [0.1, 0.15) is 11.4 Å². The number of benzene rings is 1. The molecule has 3 heterocycles. The highest BCUT2D eigenvalue weighted by atomic mass is 19.1. The van der Waals surface area contributed by atoms with Gasteiger partial charge in [-0.25, -0.2) is 9.18 Å². The molecule has 1 aromatic carbocycles. The summed E-state index contributed by atoms with van der Waals surface area (Å²) in [4.78, 5) is 42.2. The van der Waals surface area contributed by atoms with Gasteiger partial charge in [-0.3, -0.25) is 14.5 Å². The molecule has 0 bridgehead atoms. The van der Waals surface area contributed by atoms with E-state index in [1.807, 2.05) is 11.8 Å². The molecule has 7 nitrogen and oxygen atoms in total. The second-order valence-electron chi connectivity index (χ2n) is 9.16. The number of likely N-dealkylation sites (tertiary alicyclic amines) is 1. The lowest BCUT2D eigenvalue weighted by atomic mass is 9.74. The summed E-state index contributed by atoms with van der Waals surface area (Å²) in [5.41, 5.74) is -0.295. The Morgan fingerprint density at radius 2 is 1.91 bits per heavy atom. The Morgan fingerprint density at radius 1 is 1.19 bits per heavy atom. The third-order valence-electron chi connectivity index (χ3n) is 7.02. The van der Waals surface area contributed by atoms with E-state index in [9.17, 15) is 18.8 Å². The number of ether oxygens (including phenoxy) is 1. The van der Waals surface area contributed by atoms with Crippen LogP contribution in [0.5, 0.6) is 0 Å². The van der Waals surface area contributed by atoms with Gasteiger partial charge in [0.05, 0.1) is 12.6 Å². The molecule has 1 aromatic rings. The van der Waals surface area contributed by atoms with Gasteiger partial charge in [0, 0.05) is 32.5 Å². The number of piperidine rings is 1. The Balaban J connectivity index is 1.56. The molecule has 2 unspecified atom stereocenters. The molecular formula is C24H32FN3O4. The molecule has 0 spiro atoms. The Labute approximate surface area is 188 Å². The van der Waals surface area contributed by atoms with Crippen molar-refractivity contribution in [3.05, 3.63) is 35.6 Å². The number of hydrogen-bond acceptors (Lipinski definition) is 4. The molecule has 3 aliphatic heterocycles. The van der Waals surface area contributed by atoms with Gasteiger partial charge in [-0.2, -0.15) is 0 Å². The maximum Gasteiger partial charge on any atom is 0.325 e. The van der Waals surface area contributed by atoms with E-state index < -0.39 is 11.6 Å². The highest BCUT2D eigenvalue weighted by Gasteiger charge is 2.56. The summed E-state index contributed by atoms with van der Waals surface area (Å²) in [5.74, 6) is -0.544. The van der Waals surface area contributed by atoms with E-state index in [1.165, 1.54) is 17.0 Å². The van der Waals surface area contributed by atoms with Crippen LogP contribution in [0.2, 0.25) is 0 Å². The third-order valence-corrected chi connectivity index (χ3v) is 7.02. The highest BCUT2D eigenvalue weighted by molar-refractivity contribution is 6.07. The van der Waals surface area contributed by atoms with Crippen molar-refractivity contribution in [1.82, 2.24) is 15.1 Å². The lowest BCUT2D eigenvalue weighted by Crippen LogP contribution is -2.58. The molecule has 32 heavy (non-hydrogen) atoms. The average molecular weight is 446 g/mol. The predicted molar refractivity (Wildman–Crippen MR) is 116 cm³/mol. The molecule has 174 valence electrons. The van der Waals surface area contributed by atoms with Gasteiger partial charge in [0.2, 0.25) is 5.91 Å². The molecule has 4 rings (SSSR count). The highest BCUT2D eigenvalue weighted by Crippen LogP contribution is 2.37. The first-order valence-electron chi connectivity index (χ1n) is 11.7. The molecule has 8 heteroatoms. The number of nitrogens with zero attached hydrogens (tertiary/aromatic N) is 2. The van der Waals surface area contributed by atoms with E-state index in [4.69, 9.17) is 4.74 Å². The zero-order chi connectivity index (χ0) is 22.7. The van der Waals surface area contributed by atoms with Crippen molar-refractivity contribution in [2.45, 2.75) is 63.5 Å². The minimum absolute atomic E-state index is 0.107. The zero-order valence-electron chi connectivity index (χ0n) is 18.6. The van der Waals surface area contributed by atoms with Gasteiger partial charge in [-0.05, 0) is 55.7 Å². The first-order valence-corrected chi connectivity index (χ1v) is 11.7. The molecule has 3 aliphatic rings. The van der Waals surface area contributed by atoms with Crippen LogP contribution in [0.1, 0.15) is 51.0 Å². The normalized spacial score (nSPS) is 26.6. The number of rotatable bonds is 7. The Hall–Kier alpha value is -2.48. The summed E-state index contributed by atoms with van der Waals surface area (Å²) >= 11 is 0. The van der Waals surface area contributed by atoms with Crippen LogP contribution in [0.3, 0.4) is 0 Å².